The highest BCUT2D eigenvalue weighted by Gasteiger charge is 2.59. The first kappa shape index (κ1) is 13.1. The molecule has 2 aliphatic carbocycles. The zero-order valence-electron chi connectivity index (χ0n) is 10.4. The molecule has 0 bridgehead atoms. The second kappa shape index (κ2) is 3.82. The Morgan fingerprint density at radius 1 is 1.42 bits per heavy atom. The minimum absolute atomic E-state index is 0.0624. The number of nitrogens with one attached hydrogen (secondary N) is 1. The van der Waals surface area contributed by atoms with Crippen LogP contribution in [0.3, 0.4) is 0 Å². The van der Waals surface area contributed by atoms with Crippen LogP contribution in [0.1, 0.15) is 13.3 Å². The Balaban J connectivity index is 1.80. The third kappa shape index (κ3) is 2.21. The van der Waals surface area contributed by atoms with Gasteiger partial charge in [0.15, 0.2) is 5.67 Å². The molecule has 106 valence electrons. The van der Waals surface area contributed by atoms with Gasteiger partial charge in [0.1, 0.15) is 6.10 Å². The van der Waals surface area contributed by atoms with Crippen molar-refractivity contribution in [1.29, 1.82) is 0 Å². The topological polar surface area (TPSA) is 21.3 Å². The SMILES string of the molecule is CC1(F)C=C(C23CNCC2C3)C=CC1OC(F)(F)F. The molecule has 6 heteroatoms. The second-order valence-electron chi connectivity index (χ2n) is 5.78. The molecule has 19 heavy (non-hydrogen) atoms. The van der Waals surface area contributed by atoms with E-state index in [-0.39, 0.29) is 5.41 Å². The van der Waals surface area contributed by atoms with Gasteiger partial charge in [-0.2, -0.15) is 0 Å². The molecule has 1 saturated heterocycles. The molecular weight excluding hydrogens is 262 g/mol. The van der Waals surface area contributed by atoms with Crippen molar-refractivity contribution in [3.63, 3.8) is 0 Å². The van der Waals surface area contributed by atoms with Crippen LogP contribution in [-0.4, -0.2) is 31.2 Å². The molecule has 2 fully saturated rings. The summed E-state index contributed by atoms with van der Waals surface area (Å²) in [5.41, 5.74) is -1.40. The van der Waals surface area contributed by atoms with Crippen molar-refractivity contribution in [2.75, 3.05) is 13.1 Å². The number of halogens is 4. The molecule has 3 aliphatic rings. The predicted octanol–water partition coefficient (Wildman–Crippen LogP) is 2.73. The summed E-state index contributed by atoms with van der Waals surface area (Å²) in [6.45, 7) is 2.80. The number of allylic oxidation sites excluding steroid dienone is 1. The zero-order valence-corrected chi connectivity index (χ0v) is 10.4. The van der Waals surface area contributed by atoms with Crippen LogP contribution in [0.25, 0.3) is 0 Å². The lowest BCUT2D eigenvalue weighted by molar-refractivity contribution is -0.345. The van der Waals surface area contributed by atoms with E-state index in [0.717, 1.165) is 32.0 Å². The summed E-state index contributed by atoms with van der Waals surface area (Å²) in [4.78, 5) is 0. The fourth-order valence-electron chi connectivity index (χ4n) is 3.21. The molecule has 3 rings (SSSR count). The Kier molecular flexibility index (Phi) is 2.64. The lowest BCUT2D eigenvalue weighted by Crippen LogP contribution is -2.40. The van der Waals surface area contributed by atoms with Gasteiger partial charge in [0.2, 0.25) is 0 Å². The van der Waals surface area contributed by atoms with E-state index in [4.69, 9.17) is 0 Å². The number of piperidine rings is 1. The Bertz CT molecular complexity index is 454. The van der Waals surface area contributed by atoms with E-state index in [1.54, 1.807) is 6.08 Å². The smallest absolute Gasteiger partial charge is 0.316 e. The minimum atomic E-state index is -4.83. The van der Waals surface area contributed by atoms with Crippen LogP contribution in [0.4, 0.5) is 17.6 Å². The van der Waals surface area contributed by atoms with Crippen LogP contribution in [0.15, 0.2) is 23.8 Å². The van der Waals surface area contributed by atoms with Gasteiger partial charge in [-0.1, -0.05) is 12.2 Å². The third-order valence-corrected chi connectivity index (χ3v) is 4.34. The summed E-state index contributed by atoms with van der Waals surface area (Å²) < 4.78 is 54.8. The van der Waals surface area contributed by atoms with E-state index in [9.17, 15) is 17.6 Å². The maximum absolute atomic E-state index is 14.4. The minimum Gasteiger partial charge on any atom is -0.316 e. The van der Waals surface area contributed by atoms with E-state index in [1.807, 2.05) is 0 Å². The van der Waals surface area contributed by atoms with E-state index >= 15 is 0 Å². The molecule has 0 aromatic heterocycles. The first-order chi connectivity index (χ1) is 8.73. The number of ether oxygens (including phenoxy) is 1. The maximum Gasteiger partial charge on any atom is 0.523 e. The average Bonchev–Trinajstić information content (AvgIpc) is 2.83. The van der Waals surface area contributed by atoms with Crippen LogP contribution in [-0.2, 0) is 4.74 Å². The van der Waals surface area contributed by atoms with E-state index in [2.05, 4.69) is 10.1 Å². The average molecular weight is 277 g/mol. The Labute approximate surface area is 108 Å². The molecule has 1 saturated carbocycles. The molecule has 1 aliphatic heterocycles. The summed E-state index contributed by atoms with van der Waals surface area (Å²) in [6, 6.07) is 0. The number of fused-ring (bicyclic) bond motifs is 1. The molecule has 1 heterocycles. The van der Waals surface area contributed by atoms with Crippen LogP contribution >= 0.6 is 0 Å². The Morgan fingerprint density at radius 2 is 2.16 bits per heavy atom. The molecule has 0 aromatic carbocycles. The molecule has 1 N–H and O–H groups in total. The quantitative estimate of drug-likeness (QED) is 0.784. The van der Waals surface area contributed by atoms with Crippen LogP contribution < -0.4 is 5.32 Å². The van der Waals surface area contributed by atoms with Crippen molar-refractivity contribution >= 4 is 0 Å². The van der Waals surface area contributed by atoms with E-state index in [0.29, 0.717) is 5.92 Å². The zero-order chi connectivity index (χ0) is 13.9. The van der Waals surface area contributed by atoms with E-state index < -0.39 is 18.1 Å². The van der Waals surface area contributed by atoms with Gasteiger partial charge >= 0.3 is 6.36 Å². The highest BCUT2D eigenvalue weighted by Crippen LogP contribution is 2.61. The van der Waals surface area contributed by atoms with Crippen molar-refractivity contribution in [3.05, 3.63) is 23.8 Å². The molecular formula is C13H15F4NO. The van der Waals surface area contributed by atoms with Crippen LogP contribution in [0.2, 0.25) is 0 Å². The fourth-order valence-corrected chi connectivity index (χ4v) is 3.21. The first-order valence-corrected chi connectivity index (χ1v) is 6.29. The molecule has 4 atom stereocenters. The molecule has 0 spiro atoms. The van der Waals surface area contributed by atoms with Gasteiger partial charge in [0, 0.05) is 12.0 Å². The summed E-state index contributed by atoms with van der Waals surface area (Å²) in [5, 5.41) is 3.23. The Hall–Kier alpha value is -0.880. The fraction of sp³-hybridized carbons (Fsp3) is 0.692. The van der Waals surface area contributed by atoms with Gasteiger partial charge in [0.25, 0.3) is 0 Å². The highest BCUT2D eigenvalue weighted by molar-refractivity contribution is 5.42. The van der Waals surface area contributed by atoms with Crippen molar-refractivity contribution < 1.29 is 22.3 Å². The first-order valence-electron chi connectivity index (χ1n) is 6.29. The normalized spacial score (nSPS) is 45.0. The lowest BCUT2D eigenvalue weighted by Gasteiger charge is -2.31. The molecule has 4 unspecified atom stereocenters. The summed E-state index contributed by atoms with van der Waals surface area (Å²) in [7, 11) is 0. The monoisotopic (exact) mass is 277 g/mol. The van der Waals surface area contributed by atoms with E-state index in [1.165, 1.54) is 12.2 Å². The molecule has 2 nitrogen and oxygen atoms in total. The van der Waals surface area contributed by atoms with Gasteiger partial charge in [0.05, 0.1) is 0 Å². The van der Waals surface area contributed by atoms with Gasteiger partial charge in [-0.05, 0) is 37.5 Å². The van der Waals surface area contributed by atoms with Crippen molar-refractivity contribution in [3.8, 4) is 0 Å². The van der Waals surface area contributed by atoms with Crippen LogP contribution in [0.5, 0.6) is 0 Å². The third-order valence-electron chi connectivity index (χ3n) is 4.34. The second-order valence-corrected chi connectivity index (χ2v) is 5.78. The van der Waals surface area contributed by atoms with Crippen molar-refractivity contribution in [2.45, 2.75) is 31.5 Å². The number of hydrogen-bond donors (Lipinski definition) is 1. The van der Waals surface area contributed by atoms with Crippen molar-refractivity contribution in [1.82, 2.24) is 5.32 Å². The Morgan fingerprint density at radius 3 is 2.63 bits per heavy atom. The number of hydrogen-bond acceptors (Lipinski definition) is 2. The molecule has 0 radical (unpaired) electrons. The van der Waals surface area contributed by atoms with Gasteiger partial charge in [-0.25, -0.2) is 4.39 Å². The molecule has 0 aromatic rings. The van der Waals surface area contributed by atoms with Gasteiger partial charge in [-0.15, -0.1) is 13.2 Å². The van der Waals surface area contributed by atoms with Gasteiger partial charge in [-0.3, -0.25) is 4.74 Å². The van der Waals surface area contributed by atoms with Crippen LogP contribution in [0, 0.1) is 11.3 Å². The summed E-state index contributed by atoms with van der Waals surface area (Å²) in [5.74, 6) is 0.485. The predicted molar refractivity (Wildman–Crippen MR) is 61.1 cm³/mol. The maximum atomic E-state index is 14.4. The summed E-state index contributed by atoms with van der Waals surface area (Å²) >= 11 is 0. The number of alkyl halides is 4. The largest absolute Gasteiger partial charge is 0.523 e. The van der Waals surface area contributed by atoms with Gasteiger partial charge < -0.3 is 5.32 Å². The standard InChI is InChI=1S/C13H15F4NO/c1-11(14)4-8(12-5-9(12)6-18-7-12)2-3-10(11)19-13(15,16)17/h2-4,9-10,18H,5-7H2,1H3. The summed E-state index contributed by atoms with van der Waals surface area (Å²) in [6.07, 6.45) is -1.38. The number of rotatable bonds is 2. The molecule has 0 amide bonds. The lowest BCUT2D eigenvalue weighted by atomic mass is 9.84. The highest BCUT2D eigenvalue weighted by atomic mass is 19.4. The van der Waals surface area contributed by atoms with Crippen molar-refractivity contribution in [2.24, 2.45) is 11.3 Å².